The molecule has 0 spiro atoms. The van der Waals surface area contributed by atoms with Crippen LogP contribution in [0.2, 0.25) is 0 Å². The highest BCUT2D eigenvalue weighted by Gasteiger charge is 2.31. The van der Waals surface area contributed by atoms with E-state index < -0.39 is 32.0 Å². The number of carbonyl (C=O) groups is 1. The van der Waals surface area contributed by atoms with E-state index >= 15 is 0 Å². The van der Waals surface area contributed by atoms with Gasteiger partial charge in [-0.15, -0.1) is 0 Å². The lowest BCUT2D eigenvalue weighted by Crippen LogP contribution is -2.43. The van der Waals surface area contributed by atoms with Crippen LogP contribution < -0.4 is 10.0 Å². The zero-order valence-electron chi connectivity index (χ0n) is 11.6. The number of nitrogens with one attached hydrogen (secondary N) is 2. The molecule has 0 heterocycles. The summed E-state index contributed by atoms with van der Waals surface area (Å²) in [6, 6.07) is 1.32. The normalized spacial score (nSPS) is 12.3. The lowest BCUT2D eigenvalue weighted by Gasteiger charge is -2.23. The number of amides is 1. The summed E-state index contributed by atoms with van der Waals surface area (Å²) in [7, 11) is -2.81. The van der Waals surface area contributed by atoms with E-state index in [0.29, 0.717) is 6.07 Å². The summed E-state index contributed by atoms with van der Waals surface area (Å²) < 4.78 is 52.8. The zero-order valence-corrected chi connectivity index (χ0v) is 14.0. The molecule has 0 aromatic heterocycles. The Morgan fingerprint density at radius 1 is 1.33 bits per heavy atom. The third-order valence-electron chi connectivity index (χ3n) is 2.78. The van der Waals surface area contributed by atoms with Crippen molar-refractivity contribution in [3.05, 3.63) is 28.2 Å². The van der Waals surface area contributed by atoms with Crippen LogP contribution in [0, 0.1) is 17.0 Å². The third-order valence-corrected chi connectivity index (χ3v) is 5.14. The molecule has 0 bridgehead atoms. The molecule has 118 valence electrons. The monoisotopic (exact) mass is 384 g/mol. The van der Waals surface area contributed by atoms with Crippen LogP contribution in [0.15, 0.2) is 21.5 Å². The van der Waals surface area contributed by atoms with Gasteiger partial charge in [0.1, 0.15) is 16.5 Å². The Labute approximate surface area is 130 Å². The first-order valence-corrected chi connectivity index (χ1v) is 8.15. The lowest BCUT2D eigenvalue weighted by molar-refractivity contribution is -0.128. The Bertz CT molecular complexity index is 639. The smallest absolute Gasteiger partial charge is 0.244 e. The summed E-state index contributed by atoms with van der Waals surface area (Å²) in [5.74, 6) is -2.49. The average molecular weight is 385 g/mol. The van der Waals surface area contributed by atoms with Gasteiger partial charge in [0.25, 0.3) is 0 Å². The van der Waals surface area contributed by atoms with Gasteiger partial charge in [-0.25, -0.2) is 21.9 Å². The van der Waals surface area contributed by atoms with E-state index in [1.165, 1.54) is 20.9 Å². The van der Waals surface area contributed by atoms with Gasteiger partial charge in [0.2, 0.25) is 15.9 Å². The van der Waals surface area contributed by atoms with Crippen LogP contribution in [0.5, 0.6) is 0 Å². The van der Waals surface area contributed by atoms with E-state index in [1.807, 2.05) is 0 Å². The maximum atomic E-state index is 13.7. The second-order valence-corrected chi connectivity index (χ2v) is 7.54. The first kappa shape index (κ1) is 18.0. The van der Waals surface area contributed by atoms with Crippen LogP contribution in [-0.2, 0) is 14.8 Å². The summed E-state index contributed by atoms with van der Waals surface area (Å²) in [5.41, 5.74) is -1.02. The molecule has 1 aromatic carbocycles. The SMILES string of the molecule is CNC(=O)C(C)(C)CNS(=O)(=O)c1c(F)cc(F)cc1Br. The Morgan fingerprint density at radius 2 is 1.90 bits per heavy atom. The first-order valence-electron chi connectivity index (χ1n) is 5.87. The van der Waals surface area contributed by atoms with Gasteiger partial charge in [0, 0.05) is 24.1 Å². The number of benzene rings is 1. The maximum Gasteiger partial charge on any atom is 0.244 e. The fourth-order valence-corrected chi connectivity index (χ4v) is 3.93. The molecule has 0 saturated heterocycles. The number of rotatable bonds is 5. The van der Waals surface area contributed by atoms with Crippen molar-refractivity contribution in [1.29, 1.82) is 0 Å². The van der Waals surface area contributed by atoms with Gasteiger partial charge in [-0.2, -0.15) is 0 Å². The zero-order chi connectivity index (χ0) is 16.4. The highest BCUT2D eigenvalue weighted by Crippen LogP contribution is 2.26. The fourth-order valence-electron chi connectivity index (χ4n) is 1.55. The van der Waals surface area contributed by atoms with Gasteiger partial charge in [-0.05, 0) is 35.8 Å². The Kier molecular flexibility index (Phi) is 5.46. The van der Waals surface area contributed by atoms with Crippen molar-refractivity contribution in [2.75, 3.05) is 13.6 Å². The number of carbonyl (C=O) groups excluding carboxylic acids is 1. The Balaban J connectivity index is 3.07. The molecule has 21 heavy (non-hydrogen) atoms. The van der Waals surface area contributed by atoms with E-state index in [0.717, 1.165) is 6.07 Å². The van der Waals surface area contributed by atoms with E-state index in [-0.39, 0.29) is 16.9 Å². The van der Waals surface area contributed by atoms with Gasteiger partial charge < -0.3 is 5.32 Å². The minimum Gasteiger partial charge on any atom is -0.359 e. The molecule has 1 rings (SSSR count). The molecular weight excluding hydrogens is 370 g/mol. The van der Waals surface area contributed by atoms with Crippen molar-refractivity contribution in [2.45, 2.75) is 18.7 Å². The van der Waals surface area contributed by atoms with Crippen LogP contribution in [-0.4, -0.2) is 27.9 Å². The molecule has 0 fully saturated rings. The van der Waals surface area contributed by atoms with Crippen molar-refractivity contribution >= 4 is 31.9 Å². The lowest BCUT2D eigenvalue weighted by atomic mass is 9.93. The molecule has 2 N–H and O–H groups in total. The van der Waals surface area contributed by atoms with E-state index in [4.69, 9.17) is 0 Å². The molecule has 0 atom stereocenters. The summed E-state index contributed by atoms with van der Waals surface area (Å²) in [6.45, 7) is 2.83. The highest BCUT2D eigenvalue weighted by molar-refractivity contribution is 9.10. The molecule has 0 aliphatic rings. The van der Waals surface area contributed by atoms with Gasteiger partial charge in [0.15, 0.2) is 0 Å². The van der Waals surface area contributed by atoms with Crippen molar-refractivity contribution in [3.63, 3.8) is 0 Å². The summed E-state index contributed by atoms with van der Waals surface area (Å²) >= 11 is 2.82. The molecule has 1 aromatic rings. The van der Waals surface area contributed by atoms with Crippen LogP contribution >= 0.6 is 15.9 Å². The molecule has 0 unspecified atom stereocenters. The van der Waals surface area contributed by atoms with Gasteiger partial charge in [-0.1, -0.05) is 0 Å². The van der Waals surface area contributed by atoms with Crippen LogP contribution in [0.25, 0.3) is 0 Å². The second-order valence-electron chi connectivity index (χ2n) is 4.99. The van der Waals surface area contributed by atoms with Crippen molar-refractivity contribution in [3.8, 4) is 0 Å². The van der Waals surface area contributed by atoms with E-state index in [1.54, 1.807) is 0 Å². The largest absolute Gasteiger partial charge is 0.359 e. The fraction of sp³-hybridized carbons (Fsp3) is 0.417. The van der Waals surface area contributed by atoms with E-state index in [2.05, 4.69) is 26.0 Å². The summed E-state index contributed by atoms with van der Waals surface area (Å²) in [4.78, 5) is 10.9. The number of halogens is 3. The summed E-state index contributed by atoms with van der Waals surface area (Å²) in [6.07, 6.45) is 0. The van der Waals surface area contributed by atoms with Crippen molar-refractivity contribution < 1.29 is 22.0 Å². The second kappa shape index (κ2) is 6.37. The molecule has 0 aliphatic carbocycles. The quantitative estimate of drug-likeness (QED) is 0.812. The van der Waals surface area contributed by atoms with Crippen molar-refractivity contribution in [2.24, 2.45) is 5.41 Å². The maximum absolute atomic E-state index is 13.7. The predicted octanol–water partition coefficient (Wildman–Crippen LogP) is 1.78. The third kappa shape index (κ3) is 4.21. The number of hydrogen-bond donors (Lipinski definition) is 2. The molecule has 0 saturated carbocycles. The number of sulfonamides is 1. The van der Waals surface area contributed by atoms with E-state index in [9.17, 15) is 22.0 Å². The highest BCUT2D eigenvalue weighted by atomic mass is 79.9. The Hall–Kier alpha value is -1.06. The van der Waals surface area contributed by atoms with Crippen LogP contribution in [0.4, 0.5) is 8.78 Å². The predicted molar refractivity (Wildman–Crippen MR) is 77.1 cm³/mol. The number of hydrogen-bond acceptors (Lipinski definition) is 3. The Morgan fingerprint density at radius 3 is 2.38 bits per heavy atom. The molecule has 5 nitrogen and oxygen atoms in total. The molecule has 0 radical (unpaired) electrons. The molecule has 0 aliphatic heterocycles. The molecule has 9 heteroatoms. The van der Waals surface area contributed by atoms with Gasteiger partial charge in [-0.3, -0.25) is 4.79 Å². The average Bonchev–Trinajstić information content (AvgIpc) is 2.34. The minimum atomic E-state index is -4.23. The summed E-state index contributed by atoms with van der Waals surface area (Å²) in [5, 5.41) is 2.40. The van der Waals surface area contributed by atoms with Crippen LogP contribution in [0.3, 0.4) is 0 Å². The van der Waals surface area contributed by atoms with Gasteiger partial charge in [0.05, 0.1) is 5.41 Å². The van der Waals surface area contributed by atoms with Crippen LogP contribution in [0.1, 0.15) is 13.8 Å². The molecular formula is C12H15BrF2N2O3S. The van der Waals surface area contributed by atoms with Crippen molar-refractivity contribution in [1.82, 2.24) is 10.0 Å². The standard InChI is InChI=1S/C12H15BrF2N2O3S/c1-12(2,11(18)16-3)6-17-21(19,20)10-8(13)4-7(14)5-9(10)15/h4-5,17H,6H2,1-3H3,(H,16,18). The molecule has 1 amide bonds. The topological polar surface area (TPSA) is 75.3 Å². The minimum absolute atomic E-state index is 0.231. The van der Waals surface area contributed by atoms with Gasteiger partial charge >= 0.3 is 0 Å². The first-order chi connectivity index (χ1) is 9.51.